The van der Waals surface area contributed by atoms with Crippen molar-refractivity contribution in [3.8, 4) is 0 Å². The van der Waals surface area contributed by atoms with E-state index in [1.165, 1.54) is 4.57 Å². The topological polar surface area (TPSA) is 59.5 Å². The third-order valence-corrected chi connectivity index (χ3v) is 2.60. The Balaban J connectivity index is 2.48. The van der Waals surface area contributed by atoms with Crippen molar-refractivity contribution < 1.29 is 5.11 Å². The Morgan fingerprint density at radius 2 is 2.25 bits per heavy atom. The molecule has 0 aliphatic rings. The molecular formula is C11H15N3O2. The molecule has 0 saturated carbocycles. The number of aliphatic hydroxyl groups excluding tert-OH is 1. The highest BCUT2D eigenvalue weighted by molar-refractivity contribution is 5.44. The number of nitrogens with zero attached hydrogens (tertiary/aromatic N) is 3. The lowest BCUT2D eigenvalue weighted by Gasteiger charge is -2.10. The maximum atomic E-state index is 12.0. The smallest absolute Gasteiger partial charge is 0.276 e. The van der Waals surface area contributed by atoms with Gasteiger partial charge in [-0.15, -0.1) is 0 Å². The molecule has 0 saturated heterocycles. The molecule has 1 unspecified atom stereocenters. The quantitative estimate of drug-likeness (QED) is 0.824. The van der Waals surface area contributed by atoms with Gasteiger partial charge in [0.1, 0.15) is 5.52 Å². The lowest BCUT2D eigenvalue weighted by Crippen LogP contribution is -2.26. The van der Waals surface area contributed by atoms with Gasteiger partial charge in [-0.25, -0.2) is 4.52 Å². The molecule has 0 amide bonds. The van der Waals surface area contributed by atoms with E-state index in [1.54, 1.807) is 23.0 Å². The highest BCUT2D eigenvalue weighted by Gasteiger charge is 2.08. The Morgan fingerprint density at radius 1 is 1.50 bits per heavy atom. The van der Waals surface area contributed by atoms with Crippen molar-refractivity contribution in [2.75, 3.05) is 0 Å². The van der Waals surface area contributed by atoms with E-state index in [2.05, 4.69) is 5.10 Å². The van der Waals surface area contributed by atoms with E-state index >= 15 is 0 Å². The summed E-state index contributed by atoms with van der Waals surface area (Å²) in [4.78, 5) is 12.0. The summed E-state index contributed by atoms with van der Waals surface area (Å²) in [6, 6.07) is 1.75. The fourth-order valence-electron chi connectivity index (χ4n) is 1.65. The minimum absolute atomic E-state index is 0.115. The number of aryl methyl sites for hydroxylation is 1. The number of fused-ring (bicyclic) bond motifs is 1. The molecule has 2 aromatic heterocycles. The monoisotopic (exact) mass is 221 g/mol. The highest BCUT2D eigenvalue weighted by Crippen LogP contribution is 2.01. The van der Waals surface area contributed by atoms with Gasteiger partial charge >= 0.3 is 0 Å². The van der Waals surface area contributed by atoms with Gasteiger partial charge in [0.2, 0.25) is 0 Å². The number of aromatic nitrogens is 3. The molecule has 2 rings (SSSR count). The van der Waals surface area contributed by atoms with Gasteiger partial charge in [0.05, 0.1) is 18.3 Å². The van der Waals surface area contributed by atoms with E-state index in [9.17, 15) is 9.90 Å². The van der Waals surface area contributed by atoms with E-state index in [4.69, 9.17) is 0 Å². The fourth-order valence-corrected chi connectivity index (χ4v) is 1.65. The van der Waals surface area contributed by atoms with Crippen molar-refractivity contribution in [3.63, 3.8) is 0 Å². The van der Waals surface area contributed by atoms with Crippen molar-refractivity contribution >= 4 is 5.52 Å². The summed E-state index contributed by atoms with van der Waals surface area (Å²) in [5.41, 5.74) is 1.24. The molecular weight excluding hydrogens is 206 g/mol. The fraction of sp³-hybridized carbons (Fsp3) is 0.455. The molecule has 5 nitrogen and oxygen atoms in total. The van der Waals surface area contributed by atoms with E-state index in [1.807, 2.05) is 13.8 Å². The first-order valence-electron chi connectivity index (χ1n) is 5.35. The van der Waals surface area contributed by atoms with Crippen molar-refractivity contribution in [2.45, 2.75) is 32.9 Å². The third-order valence-electron chi connectivity index (χ3n) is 2.60. The van der Waals surface area contributed by atoms with Crippen molar-refractivity contribution in [1.82, 2.24) is 14.2 Å². The zero-order chi connectivity index (χ0) is 11.7. The van der Waals surface area contributed by atoms with E-state index in [-0.39, 0.29) is 5.56 Å². The van der Waals surface area contributed by atoms with Crippen LogP contribution in [0.25, 0.3) is 5.52 Å². The molecule has 0 bridgehead atoms. The minimum atomic E-state index is -0.482. The lowest BCUT2D eigenvalue weighted by atomic mass is 10.3. The molecule has 0 aromatic carbocycles. The summed E-state index contributed by atoms with van der Waals surface area (Å²) in [6.07, 6.45) is 3.53. The molecule has 0 fully saturated rings. The van der Waals surface area contributed by atoms with Crippen LogP contribution in [0.15, 0.2) is 23.3 Å². The largest absolute Gasteiger partial charge is 0.391 e. The van der Waals surface area contributed by atoms with Gasteiger partial charge in [-0.3, -0.25) is 4.79 Å². The number of aliphatic hydroxyl groups is 1. The van der Waals surface area contributed by atoms with Crippen LogP contribution < -0.4 is 5.56 Å². The van der Waals surface area contributed by atoms with Crippen LogP contribution in [0.4, 0.5) is 0 Å². The Labute approximate surface area is 92.9 Å². The average Bonchev–Trinajstić information content (AvgIpc) is 2.64. The van der Waals surface area contributed by atoms with E-state index < -0.39 is 6.10 Å². The Kier molecular flexibility index (Phi) is 2.78. The molecule has 1 N–H and O–H groups in total. The predicted molar refractivity (Wildman–Crippen MR) is 60.5 cm³/mol. The Bertz CT molecular complexity index is 556. The highest BCUT2D eigenvalue weighted by atomic mass is 16.3. The molecule has 1 atom stereocenters. The van der Waals surface area contributed by atoms with Crippen molar-refractivity contribution in [1.29, 1.82) is 0 Å². The summed E-state index contributed by atoms with van der Waals surface area (Å²) in [5.74, 6) is 0. The van der Waals surface area contributed by atoms with Gasteiger partial charge in [0.15, 0.2) is 0 Å². The van der Waals surface area contributed by atoms with Crippen LogP contribution in [0.1, 0.15) is 19.0 Å². The normalized spacial score (nSPS) is 13.2. The Morgan fingerprint density at radius 3 is 2.94 bits per heavy atom. The maximum absolute atomic E-state index is 12.0. The van der Waals surface area contributed by atoms with Crippen LogP contribution in [0.5, 0.6) is 0 Å². The molecule has 0 spiro atoms. The summed E-state index contributed by atoms with van der Waals surface area (Å²) in [6.45, 7) is 4.06. The van der Waals surface area contributed by atoms with Crippen LogP contribution in [-0.4, -0.2) is 25.4 Å². The van der Waals surface area contributed by atoms with Gasteiger partial charge in [-0.05, 0) is 19.4 Å². The molecule has 0 radical (unpaired) electrons. The second-order valence-electron chi connectivity index (χ2n) is 3.93. The summed E-state index contributed by atoms with van der Waals surface area (Å²) < 4.78 is 3.08. The standard InChI is InChI=1S/C11H15N3O2/c1-3-9(15)7-13-4-5-14-10(11(13)16)6-8(2)12-14/h4-6,9,15H,3,7H2,1-2H3. The first-order chi connectivity index (χ1) is 7.61. The summed E-state index contributed by atoms with van der Waals surface area (Å²) in [5, 5.41) is 13.7. The molecule has 2 heterocycles. The average molecular weight is 221 g/mol. The minimum Gasteiger partial charge on any atom is -0.391 e. The molecule has 86 valence electrons. The molecule has 2 aromatic rings. The van der Waals surface area contributed by atoms with Gasteiger partial charge in [-0.1, -0.05) is 6.92 Å². The first kappa shape index (κ1) is 10.9. The third kappa shape index (κ3) is 1.86. The van der Waals surface area contributed by atoms with Gasteiger partial charge in [0, 0.05) is 12.4 Å². The van der Waals surface area contributed by atoms with Crippen LogP contribution in [0.3, 0.4) is 0 Å². The second kappa shape index (κ2) is 4.09. The number of hydrogen-bond acceptors (Lipinski definition) is 3. The second-order valence-corrected chi connectivity index (χ2v) is 3.93. The molecule has 0 aliphatic heterocycles. The van der Waals surface area contributed by atoms with Crippen molar-refractivity contribution in [2.24, 2.45) is 0 Å². The Hall–Kier alpha value is -1.62. The zero-order valence-electron chi connectivity index (χ0n) is 9.42. The number of rotatable bonds is 3. The van der Waals surface area contributed by atoms with Crippen LogP contribution in [-0.2, 0) is 6.54 Å². The predicted octanol–water partition coefficient (Wildman–Crippen LogP) is 0.575. The van der Waals surface area contributed by atoms with Crippen LogP contribution in [0.2, 0.25) is 0 Å². The van der Waals surface area contributed by atoms with Gasteiger partial charge < -0.3 is 9.67 Å². The maximum Gasteiger partial charge on any atom is 0.276 e. The SMILES string of the molecule is CCC(O)Cn1ccn2nc(C)cc2c1=O. The van der Waals surface area contributed by atoms with Gasteiger partial charge in [-0.2, -0.15) is 5.10 Å². The van der Waals surface area contributed by atoms with Gasteiger partial charge in [0.25, 0.3) is 5.56 Å². The van der Waals surface area contributed by atoms with Crippen molar-refractivity contribution in [3.05, 3.63) is 34.5 Å². The first-order valence-corrected chi connectivity index (χ1v) is 5.35. The molecule has 0 aliphatic carbocycles. The van der Waals surface area contributed by atoms with E-state index in [0.29, 0.717) is 18.5 Å². The lowest BCUT2D eigenvalue weighted by molar-refractivity contribution is 0.148. The van der Waals surface area contributed by atoms with E-state index in [0.717, 1.165) is 5.69 Å². The summed E-state index contributed by atoms with van der Waals surface area (Å²) >= 11 is 0. The molecule has 5 heteroatoms. The zero-order valence-corrected chi connectivity index (χ0v) is 9.42. The van der Waals surface area contributed by atoms with Crippen LogP contribution in [0, 0.1) is 6.92 Å². The molecule has 16 heavy (non-hydrogen) atoms. The number of hydrogen-bond donors (Lipinski definition) is 1. The van der Waals surface area contributed by atoms with Crippen LogP contribution >= 0.6 is 0 Å². The summed E-state index contributed by atoms with van der Waals surface area (Å²) in [7, 11) is 0.